The van der Waals surface area contributed by atoms with Crippen molar-refractivity contribution < 1.29 is 14.3 Å². The molecule has 2 aromatic carbocycles. The highest BCUT2D eigenvalue weighted by Gasteiger charge is 2.09. The van der Waals surface area contributed by atoms with Crippen LogP contribution in [0, 0.1) is 0 Å². The summed E-state index contributed by atoms with van der Waals surface area (Å²) in [5, 5.41) is 3.59. The van der Waals surface area contributed by atoms with Gasteiger partial charge in [0.15, 0.2) is 6.61 Å². The van der Waals surface area contributed by atoms with Gasteiger partial charge in [0.2, 0.25) is 0 Å². The van der Waals surface area contributed by atoms with E-state index in [1.165, 1.54) is 4.90 Å². The topological polar surface area (TPSA) is 58.6 Å². The predicted octanol–water partition coefficient (Wildman–Crippen LogP) is 3.39. The largest absolute Gasteiger partial charge is 0.482 e. The van der Waals surface area contributed by atoms with E-state index < -0.39 is 0 Å². The Labute approximate surface area is 156 Å². The molecule has 132 valence electrons. The van der Waals surface area contributed by atoms with E-state index >= 15 is 0 Å². The van der Waals surface area contributed by atoms with Gasteiger partial charge < -0.3 is 15.0 Å². The molecule has 0 aliphatic carbocycles. The van der Waals surface area contributed by atoms with Crippen LogP contribution in [0.3, 0.4) is 0 Å². The summed E-state index contributed by atoms with van der Waals surface area (Å²) in [5.41, 5.74) is 1.48. The second-order valence-corrected chi connectivity index (χ2v) is 6.38. The summed E-state index contributed by atoms with van der Waals surface area (Å²) in [5.74, 6) is 0.0519. The van der Waals surface area contributed by atoms with E-state index in [0.717, 1.165) is 5.56 Å². The molecule has 1 N–H and O–H groups in total. The third-order valence-electron chi connectivity index (χ3n) is 3.35. The zero-order valence-electron chi connectivity index (χ0n) is 13.9. The maximum Gasteiger partial charge on any atom is 0.258 e. The summed E-state index contributed by atoms with van der Waals surface area (Å²) < 4.78 is 5.37. The lowest BCUT2D eigenvalue weighted by atomic mass is 10.1. The Morgan fingerprint density at radius 1 is 1.08 bits per heavy atom. The van der Waals surface area contributed by atoms with Gasteiger partial charge in [0, 0.05) is 31.2 Å². The Balaban J connectivity index is 1.82. The van der Waals surface area contributed by atoms with Crippen LogP contribution in [0.25, 0.3) is 0 Å². The number of hydrogen-bond donors (Lipinski definition) is 1. The lowest BCUT2D eigenvalue weighted by Gasteiger charge is -2.11. The zero-order chi connectivity index (χ0) is 18.4. The van der Waals surface area contributed by atoms with Crippen LogP contribution in [0.5, 0.6) is 5.75 Å². The summed E-state index contributed by atoms with van der Waals surface area (Å²) in [6.07, 6.45) is 0. The molecular weight excluding hydrogens is 363 g/mol. The number of hydrogen-bond acceptors (Lipinski definition) is 3. The number of rotatable bonds is 6. The zero-order valence-corrected chi connectivity index (χ0v) is 15.4. The second kappa shape index (κ2) is 8.74. The normalized spacial score (nSPS) is 10.2. The average molecular weight is 381 g/mol. The van der Waals surface area contributed by atoms with Crippen molar-refractivity contribution in [2.45, 2.75) is 6.54 Å². The monoisotopic (exact) mass is 380 g/mol. The summed E-state index contributed by atoms with van der Waals surface area (Å²) in [6, 6.07) is 11.9. The van der Waals surface area contributed by atoms with E-state index in [1.54, 1.807) is 56.6 Å². The van der Waals surface area contributed by atoms with Gasteiger partial charge in [-0.3, -0.25) is 9.59 Å². The number of carbonyl (C=O) groups is 2. The summed E-state index contributed by atoms with van der Waals surface area (Å²) in [6.45, 7) is 0.186. The van der Waals surface area contributed by atoms with E-state index in [2.05, 4.69) is 5.32 Å². The van der Waals surface area contributed by atoms with Crippen LogP contribution < -0.4 is 10.1 Å². The highest BCUT2D eigenvalue weighted by Crippen LogP contribution is 2.27. The first-order chi connectivity index (χ1) is 11.9. The van der Waals surface area contributed by atoms with Crippen LogP contribution in [0.15, 0.2) is 42.5 Å². The molecule has 0 bridgehead atoms. The van der Waals surface area contributed by atoms with Crippen LogP contribution in [0.4, 0.5) is 0 Å². The van der Waals surface area contributed by atoms with Crippen molar-refractivity contribution in [3.05, 3.63) is 63.6 Å². The third-order valence-corrected chi connectivity index (χ3v) is 3.88. The molecule has 0 aromatic heterocycles. The highest BCUT2D eigenvalue weighted by molar-refractivity contribution is 6.35. The van der Waals surface area contributed by atoms with Crippen molar-refractivity contribution >= 4 is 35.0 Å². The number of amides is 2. The molecule has 25 heavy (non-hydrogen) atoms. The minimum Gasteiger partial charge on any atom is -0.482 e. The molecule has 0 unspecified atom stereocenters. The van der Waals surface area contributed by atoms with E-state index in [1.807, 2.05) is 0 Å². The molecular formula is C18H18Cl2N2O3. The van der Waals surface area contributed by atoms with Crippen molar-refractivity contribution in [1.29, 1.82) is 0 Å². The molecule has 0 aliphatic heterocycles. The number of nitrogens with zero attached hydrogens (tertiary/aromatic N) is 1. The first kappa shape index (κ1) is 19.1. The molecule has 2 aromatic rings. The SMILES string of the molecule is CN(C)C(=O)c1ccc(CNC(=O)COc2ccc(Cl)cc2Cl)cc1. The molecule has 2 rings (SSSR count). The van der Waals surface area contributed by atoms with Crippen LogP contribution in [-0.4, -0.2) is 37.4 Å². The fourth-order valence-corrected chi connectivity index (χ4v) is 2.47. The minimum absolute atomic E-state index is 0.0659. The summed E-state index contributed by atoms with van der Waals surface area (Å²) >= 11 is 11.8. The van der Waals surface area contributed by atoms with Crippen LogP contribution in [-0.2, 0) is 11.3 Å². The lowest BCUT2D eigenvalue weighted by Crippen LogP contribution is -2.28. The quantitative estimate of drug-likeness (QED) is 0.835. The van der Waals surface area contributed by atoms with E-state index in [-0.39, 0.29) is 18.4 Å². The predicted molar refractivity (Wildman–Crippen MR) is 98.3 cm³/mol. The summed E-state index contributed by atoms with van der Waals surface area (Å²) in [4.78, 5) is 25.2. The fourth-order valence-electron chi connectivity index (χ4n) is 2.01. The first-order valence-electron chi connectivity index (χ1n) is 7.52. The van der Waals surface area contributed by atoms with Crippen LogP contribution >= 0.6 is 23.2 Å². The summed E-state index contributed by atoms with van der Waals surface area (Å²) in [7, 11) is 3.40. The van der Waals surface area contributed by atoms with Gasteiger partial charge in [-0.05, 0) is 35.9 Å². The molecule has 7 heteroatoms. The maximum absolute atomic E-state index is 11.9. The lowest BCUT2D eigenvalue weighted by molar-refractivity contribution is -0.123. The van der Waals surface area contributed by atoms with E-state index in [0.29, 0.717) is 27.9 Å². The van der Waals surface area contributed by atoms with Gasteiger partial charge in [-0.15, -0.1) is 0 Å². The van der Waals surface area contributed by atoms with Crippen molar-refractivity contribution in [3.63, 3.8) is 0 Å². The molecule has 0 radical (unpaired) electrons. The smallest absolute Gasteiger partial charge is 0.258 e. The van der Waals surface area contributed by atoms with Gasteiger partial charge in [0.05, 0.1) is 5.02 Å². The molecule has 0 fully saturated rings. The number of benzene rings is 2. The Morgan fingerprint density at radius 3 is 2.36 bits per heavy atom. The Morgan fingerprint density at radius 2 is 1.76 bits per heavy atom. The number of halogens is 2. The van der Waals surface area contributed by atoms with Crippen molar-refractivity contribution in [2.75, 3.05) is 20.7 Å². The Bertz CT molecular complexity index is 761. The molecule has 0 heterocycles. The van der Waals surface area contributed by atoms with Gasteiger partial charge in [-0.25, -0.2) is 0 Å². The van der Waals surface area contributed by atoms with Gasteiger partial charge in [-0.2, -0.15) is 0 Å². The van der Waals surface area contributed by atoms with E-state index in [9.17, 15) is 9.59 Å². The maximum atomic E-state index is 11.9. The van der Waals surface area contributed by atoms with Crippen molar-refractivity contribution in [3.8, 4) is 5.75 Å². The molecule has 5 nitrogen and oxygen atoms in total. The number of ether oxygens (including phenoxy) is 1. The second-order valence-electron chi connectivity index (χ2n) is 5.54. The number of nitrogens with one attached hydrogen (secondary N) is 1. The van der Waals surface area contributed by atoms with Crippen LogP contribution in [0.1, 0.15) is 15.9 Å². The Kier molecular flexibility index (Phi) is 6.67. The highest BCUT2D eigenvalue weighted by atomic mass is 35.5. The van der Waals surface area contributed by atoms with Gasteiger partial charge in [-0.1, -0.05) is 35.3 Å². The number of carbonyl (C=O) groups excluding carboxylic acids is 2. The van der Waals surface area contributed by atoms with Gasteiger partial charge in [0.1, 0.15) is 5.75 Å². The molecule has 0 spiro atoms. The Hall–Kier alpha value is -2.24. The molecule has 0 saturated heterocycles. The van der Waals surface area contributed by atoms with Crippen molar-refractivity contribution in [1.82, 2.24) is 10.2 Å². The molecule has 0 atom stereocenters. The standard InChI is InChI=1S/C18H18Cl2N2O3/c1-22(2)18(24)13-5-3-12(4-6-13)10-21-17(23)11-25-16-8-7-14(19)9-15(16)20/h3-9H,10-11H2,1-2H3,(H,21,23). The van der Waals surface area contributed by atoms with Crippen LogP contribution in [0.2, 0.25) is 10.0 Å². The van der Waals surface area contributed by atoms with Gasteiger partial charge >= 0.3 is 0 Å². The van der Waals surface area contributed by atoms with E-state index in [4.69, 9.17) is 27.9 Å². The molecule has 0 saturated carbocycles. The molecule has 2 amide bonds. The average Bonchev–Trinajstić information content (AvgIpc) is 2.59. The third kappa shape index (κ3) is 5.66. The van der Waals surface area contributed by atoms with Crippen molar-refractivity contribution in [2.24, 2.45) is 0 Å². The van der Waals surface area contributed by atoms with Gasteiger partial charge in [0.25, 0.3) is 11.8 Å². The fraction of sp³-hybridized carbons (Fsp3) is 0.222. The first-order valence-corrected chi connectivity index (χ1v) is 8.27. The molecule has 0 aliphatic rings. The minimum atomic E-state index is -0.278.